The average molecular weight is 303 g/mol. The summed E-state index contributed by atoms with van der Waals surface area (Å²) in [7, 11) is 0. The summed E-state index contributed by atoms with van der Waals surface area (Å²) in [5, 5.41) is 0.680. The van der Waals surface area contributed by atoms with Gasteiger partial charge in [0.25, 0.3) is 0 Å². The van der Waals surface area contributed by atoms with E-state index in [2.05, 4.69) is 11.6 Å². The molecule has 0 atom stereocenters. The van der Waals surface area contributed by atoms with Gasteiger partial charge in [0.1, 0.15) is 10.3 Å². The smallest absolute Gasteiger partial charge is 0.320 e. The van der Waals surface area contributed by atoms with Crippen LogP contribution in [-0.4, -0.2) is 35.5 Å². The molecule has 0 aromatic carbocycles. The van der Waals surface area contributed by atoms with Crippen molar-refractivity contribution in [1.29, 1.82) is 0 Å². The van der Waals surface area contributed by atoms with Crippen LogP contribution in [0.5, 0.6) is 0 Å². The zero-order valence-corrected chi connectivity index (χ0v) is 12.2. The third-order valence-electron chi connectivity index (χ3n) is 2.33. The Labute approximate surface area is 123 Å². The van der Waals surface area contributed by atoms with Crippen molar-refractivity contribution in [2.45, 2.75) is 13.5 Å². The lowest BCUT2D eigenvalue weighted by Gasteiger charge is -2.19. The van der Waals surface area contributed by atoms with Crippen molar-refractivity contribution >= 4 is 29.2 Å². The minimum atomic E-state index is -0.276. The lowest BCUT2D eigenvalue weighted by Crippen LogP contribution is -2.31. The molecule has 0 spiro atoms. The number of ether oxygens (including phenoxy) is 1. The van der Waals surface area contributed by atoms with Crippen molar-refractivity contribution in [1.82, 2.24) is 9.88 Å². The molecule has 0 unspecified atom stereocenters. The molecule has 0 bridgehead atoms. The van der Waals surface area contributed by atoms with Crippen LogP contribution in [0.4, 0.5) is 0 Å². The Kier molecular flexibility index (Phi) is 6.84. The highest BCUT2D eigenvalue weighted by atomic mass is 35.5. The second-order valence-corrected chi connectivity index (χ2v) is 4.59. The number of pyridine rings is 1. The van der Waals surface area contributed by atoms with E-state index >= 15 is 0 Å². The number of carbonyl (C=O) groups is 1. The molecule has 0 aliphatic rings. The van der Waals surface area contributed by atoms with Crippen LogP contribution in [0, 0.1) is 0 Å². The minimum absolute atomic E-state index is 0.179. The van der Waals surface area contributed by atoms with Gasteiger partial charge in [0, 0.05) is 18.7 Å². The second-order valence-electron chi connectivity index (χ2n) is 3.85. The average Bonchev–Trinajstić information content (AvgIpc) is 2.33. The van der Waals surface area contributed by atoms with Crippen LogP contribution in [-0.2, 0) is 16.1 Å². The normalized spacial score (nSPS) is 10.5. The van der Waals surface area contributed by atoms with Gasteiger partial charge in [-0.2, -0.15) is 0 Å². The molecule has 6 heteroatoms. The van der Waals surface area contributed by atoms with Gasteiger partial charge >= 0.3 is 5.97 Å². The predicted octanol–water partition coefficient (Wildman–Crippen LogP) is 2.94. The maximum absolute atomic E-state index is 11.5. The predicted molar refractivity (Wildman–Crippen MR) is 76.4 cm³/mol. The Morgan fingerprint density at radius 1 is 1.53 bits per heavy atom. The first-order valence-electron chi connectivity index (χ1n) is 5.86. The van der Waals surface area contributed by atoms with E-state index in [4.69, 9.17) is 27.9 Å². The van der Waals surface area contributed by atoms with Gasteiger partial charge in [-0.15, -0.1) is 6.58 Å². The Morgan fingerprint density at radius 2 is 2.26 bits per heavy atom. The summed E-state index contributed by atoms with van der Waals surface area (Å²) >= 11 is 11.7. The third kappa shape index (κ3) is 5.59. The number of nitrogens with zero attached hydrogens (tertiary/aromatic N) is 2. The Morgan fingerprint density at radius 3 is 2.84 bits per heavy atom. The van der Waals surface area contributed by atoms with Gasteiger partial charge < -0.3 is 4.74 Å². The molecule has 0 fully saturated rings. The molecule has 0 N–H and O–H groups in total. The number of hydrogen-bond donors (Lipinski definition) is 0. The fraction of sp³-hybridized carbons (Fsp3) is 0.385. The summed E-state index contributed by atoms with van der Waals surface area (Å²) < 4.78 is 4.92. The van der Waals surface area contributed by atoms with Crippen LogP contribution >= 0.6 is 23.2 Å². The van der Waals surface area contributed by atoms with Crippen molar-refractivity contribution in [3.05, 3.63) is 40.7 Å². The molecule has 0 saturated carbocycles. The van der Waals surface area contributed by atoms with E-state index in [1.54, 1.807) is 25.1 Å². The second kappa shape index (κ2) is 8.15. The van der Waals surface area contributed by atoms with E-state index in [0.29, 0.717) is 30.0 Å². The largest absolute Gasteiger partial charge is 0.465 e. The summed E-state index contributed by atoms with van der Waals surface area (Å²) in [4.78, 5) is 17.3. The molecular weight excluding hydrogens is 287 g/mol. The van der Waals surface area contributed by atoms with E-state index in [-0.39, 0.29) is 12.5 Å². The summed E-state index contributed by atoms with van der Waals surface area (Å²) in [5.41, 5.74) is 0.803. The molecular formula is C13H16Cl2N2O2. The van der Waals surface area contributed by atoms with Crippen LogP contribution in [0.1, 0.15) is 12.5 Å². The number of rotatable bonds is 7. The van der Waals surface area contributed by atoms with Gasteiger partial charge in [-0.3, -0.25) is 9.69 Å². The number of esters is 1. The molecule has 4 nitrogen and oxygen atoms in total. The van der Waals surface area contributed by atoms with Gasteiger partial charge in [-0.05, 0) is 13.0 Å². The van der Waals surface area contributed by atoms with Crippen molar-refractivity contribution < 1.29 is 9.53 Å². The third-order valence-corrected chi connectivity index (χ3v) is 2.87. The van der Waals surface area contributed by atoms with Crippen LogP contribution < -0.4 is 0 Å². The van der Waals surface area contributed by atoms with E-state index in [9.17, 15) is 4.79 Å². The highest BCUT2D eigenvalue weighted by Gasteiger charge is 2.13. The van der Waals surface area contributed by atoms with Gasteiger partial charge in [0.2, 0.25) is 0 Å². The Bertz CT molecular complexity index is 452. The summed E-state index contributed by atoms with van der Waals surface area (Å²) in [6.45, 7) is 7.02. The molecule has 0 aliphatic carbocycles. The van der Waals surface area contributed by atoms with E-state index < -0.39 is 0 Å². The number of aromatic nitrogens is 1. The molecule has 0 amide bonds. The molecule has 1 heterocycles. The molecule has 104 valence electrons. The molecule has 1 aromatic rings. The zero-order valence-electron chi connectivity index (χ0n) is 10.7. The number of hydrogen-bond acceptors (Lipinski definition) is 4. The van der Waals surface area contributed by atoms with Crippen LogP contribution in [0.2, 0.25) is 10.3 Å². The molecule has 1 aromatic heterocycles. The number of halogens is 2. The van der Waals surface area contributed by atoms with Gasteiger partial charge in [-0.25, -0.2) is 4.98 Å². The first-order chi connectivity index (χ1) is 9.06. The van der Waals surface area contributed by atoms with Gasteiger partial charge in [0.05, 0.1) is 13.2 Å². The van der Waals surface area contributed by atoms with Gasteiger partial charge in [0.15, 0.2) is 0 Å². The maximum Gasteiger partial charge on any atom is 0.320 e. The van der Waals surface area contributed by atoms with Crippen molar-refractivity contribution in [2.75, 3.05) is 19.7 Å². The SMILES string of the molecule is C=CCN(CC(=O)OCC)Cc1ccc(Cl)nc1Cl. The fourth-order valence-electron chi connectivity index (χ4n) is 1.56. The molecule has 1 rings (SSSR count). The lowest BCUT2D eigenvalue weighted by atomic mass is 10.2. The van der Waals surface area contributed by atoms with Crippen molar-refractivity contribution in [2.24, 2.45) is 0 Å². The van der Waals surface area contributed by atoms with Crippen LogP contribution in [0.25, 0.3) is 0 Å². The van der Waals surface area contributed by atoms with E-state index in [1.807, 2.05) is 4.90 Å². The topological polar surface area (TPSA) is 42.4 Å². The minimum Gasteiger partial charge on any atom is -0.465 e. The summed E-state index contributed by atoms with van der Waals surface area (Å²) in [6.07, 6.45) is 1.72. The lowest BCUT2D eigenvalue weighted by molar-refractivity contribution is -0.144. The molecule has 0 saturated heterocycles. The zero-order chi connectivity index (χ0) is 14.3. The van der Waals surface area contributed by atoms with E-state index in [1.165, 1.54) is 0 Å². The van der Waals surface area contributed by atoms with Gasteiger partial charge in [-0.1, -0.05) is 35.3 Å². The molecule has 0 radical (unpaired) electrons. The standard InChI is InChI=1S/C13H16Cl2N2O2/c1-3-7-17(9-12(18)19-4-2)8-10-5-6-11(14)16-13(10)15/h3,5-6H,1,4,7-9H2,2H3. The molecule has 0 aliphatic heterocycles. The monoisotopic (exact) mass is 302 g/mol. The van der Waals surface area contributed by atoms with Crippen molar-refractivity contribution in [3.63, 3.8) is 0 Å². The van der Waals surface area contributed by atoms with E-state index in [0.717, 1.165) is 5.56 Å². The highest BCUT2D eigenvalue weighted by molar-refractivity contribution is 6.32. The Balaban J connectivity index is 2.71. The fourth-order valence-corrected chi connectivity index (χ4v) is 1.96. The first kappa shape index (κ1) is 16.0. The summed E-state index contributed by atoms with van der Waals surface area (Å²) in [6, 6.07) is 3.46. The van der Waals surface area contributed by atoms with Crippen LogP contribution in [0.15, 0.2) is 24.8 Å². The number of carbonyl (C=O) groups excluding carboxylic acids is 1. The maximum atomic E-state index is 11.5. The van der Waals surface area contributed by atoms with Crippen LogP contribution in [0.3, 0.4) is 0 Å². The van der Waals surface area contributed by atoms with Crippen molar-refractivity contribution in [3.8, 4) is 0 Å². The Hall–Kier alpha value is -1.10. The first-order valence-corrected chi connectivity index (χ1v) is 6.62. The highest BCUT2D eigenvalue weighted by Crippen LogP contribution is 2.18. The quantitative estimate of drug-likeness (QED) is 0.441. The molecule has 19 heavy (non-hydrogen) atoms. The summed E-state index contributed by atoms with van der Waals surface area (Å²) in [5.74, 6) is -0.276.